The maximum Gasteiger partial charge on any atom is 0.211 e. The monoisotopic (exact) mass is 394 g/mol. The average molecular weight is 395 g/mol. The first-order chi connectivity index (χ1) is 11.1. The summed E-state index contributed by atoms with van der Waals surface area (Å²) in [4.78, 5) is 1.99. The van der Waals surface area contributed by atoms with E-state index < -0.39 is 25.9 Å². The first-order valence-electron chi connectivity index (χ1n) is 7.45. The van der Waals surface area contributed by atoms with Gasteiger partial charge in [-0.25, -0.2) is 16.8 Å². The lowest BCUT2D eigenvalue weighted by Crippen LogP contribution is -2.59. The van der Waals surface area contributed by atoms with E-state index in [1.54, 1.807) is 12.1 Å². The van der Waals surface area contributed by atoms with Gasteiger partial charge in [-0.05, 0) is 17.7 Å². The lowest BCUT2D eigenvalue weighted by molar-refractivity contribution is 0.0895. The molecular formula is C14H19ClN2O5S2. The molecular weight excluding hydrogens is 376 g/mol. The van der Waals surface area contributed by atoms with Crippen molar-refractivity contribution in [1.82, 2.24) is 9.21 Å². The third-order valence-electron chi connectivity index (χ3n) is 4.56. The van der Waals surface area contributed by atoms with Crippen molar-refractivity contribution in [2.24, 2.45) is 0 Å². The number of hydrogen-bond donors (Lipinski definition) is 1. The topological polar surface area (TPSA) is 95.0 Å². The van der Waals surface area contributed by atoms with Crippen LogP contribution in [0.15, 0.2) is 18.2 Å². The number of halogens is 1. The third-order valence-corrected chi connectivity index (χ3v) is 7.87. The summed E-state index contributed by atoms with van der Waals surface area (Å²) in [7, 11) is -6.73. The molecule has 1 aromatic carbocycles. The fourth-order valence-electron chi connectivity index (χ4n) is 3.48. The quantitative estimate of drug-likeness (QED) is 0.791. The molecule has 24 heavy (non-hydrogen) atoms. The van der Waals surface area contributed by atoms with Gasteiger partial charge in [0.2, 0.25) is 10.0 Å². The first kappa shape index (κ1) is 17.9. The molecule has 0 aromatic heterocycles. The minimum Gasteiger partial charge on any atom is -0.506 e. The van der Waals surface area contributed by atoms with Crippen LogP contribution < -0.4 is 0 Å². The third kappa shape index (κ3) is 3.55. The predicted octanol–water partition coefficient (Wildman–Crippen LogP) is 0.288. The molecule has 0 amide bonds. The Hall–Kier alpha value is -0.870. The Kier molecular flexibility index (Phi) is 4.59. The van der Waals surface area contributed by atoms with E-state index in [0.717, 1.165) is 11.8 Å². The van der Waals surface area contributed by atoms with E-state index in [9.17, 15) is 21.9 Å². The Labute approximate surface area is 146 Å². The summed E-state index contributed by atoms with van der Waals surface area (Å²) in [6, 6.07) is 3.94. The van der Waals surface area contributed by atoms with Gasteiger partial charge in [0.1, 0.15) is 5.75 Å². The molecule has 0 spiro atoms. The summed E-state index contributed by atoms with van der Waals surface area (Å²) in [5.41, 5.74) is 0.841. The maximum absolute atomic E-state index is 12.1. The van der Waals surface area contributed by atoms with Crippen molar-refractivity contribution in [2.75, 3.05) is 30.9 Å². The van der Waals surface area contributed by atoms with E-state index in [1.807, 2.05) is 4.90 Å². The van der Waals surface area contributed by atoms with Crippen LogP contribution in [0.1, 0.15) is 5.56 Å². The van der Waals surface area contributed by atoms with Gasteiger partial charge in [-0.15, -0.1) is 0 Å². The molecule has 0 radical (unpaired) electrons. The number of aromatic hydroxyl groups is 1. The SMILES string of the molecule is CS(=O)(=O)N1CCN(Cc2ccc(O)c(Cl)c2)[C@H]2CS(=O)(=O)C[C@H]21. The molecule has 0 saturated carbocycles. The van der Waals surface area contributed by atoms with Crippen LogP contribution in [0.5, 0.6) is 5.75 Å². The van der Waals surface area contributed by atoms with Crippen LogP contribution in [0.2, 0.25) is 5.02 Å². The number of phenolic OH excluding ortho intramolecular Hbond substituents is 1. The Morgan fingerprint density at radius 3 is 2.54 bits per heavy atom. The molecule has 0 aliphatic carbocycles. The summed E-state index contributed by atoms with van der Waals surface area (Å²) in [6.45, 7) is 1.16. The first-order valence-corrected chi connectivity index (χ1v) is 11.5. The smallest absolute Gasteiger partial charge is 0.211 e. The van der Waals surface area contributed by atoms with Crippen LogP contribution in [0, 0.1) is 0 Å². The Morgan fingerprint density at radius 2 is 1.92 bits per heavy atom. The van der Waals surface area contributed by atoms with Gasteiger partial charge in [0.15, 0.2) is 9.84 Å². The van der Waals surface area contributed by atoms with Gasteiger partial charge < -0.3 is 5.11 Å². The number of fused-ring (bicyclic) bond motifs is 1. The van der Waals surface area contributed by atoms with Crippen LogP contribution in [-0.2, 0) is 26.4 Å². The van der Waals surface area contributed by atoms with E-state index >= 15 is 0 Å². The summed E-state index contributed by atoms with van der Waals surface area (Å²) in [5.74, 6) is -0.198. The highest BCUT2D eigenvalue weighted by atomic mass is 35.5. The van der Waals surface area contributed by atoms with E-state index in [2.05, 4.69) is 0 Å². The lowest BCUT2D eigenvalue weighted by Gasteiger charge is -2.42. The van der Waals surface area contributed by atoms with Gasteiger partial charge >= 0.3 is 0 Å². The van der Waals surface area contributed by atoms with Gasteiger partial charge in [0.25, 0.3) is 0 Å². The average Bonchev–Trinajstić information content (AvgIpc) is 2.77. The molecule has 1 N–H and O–H groups in total. The van der Waals surface area contributed by atoms with Crippen LogP contribution >= 0.6 is 11.6 Å². The highest BCUT2D eigenvalue weighted by molar-refractivity contribution is 7.92. The molecule has 2 fully saturated rings. The van der Waals surface area contributed by atoms with Crippen molar-refractivity contribution in [3.8, 4) is 5.75 Å². The summed E-state index contributed by atoms with van der Waals surface area (Å²) in [6.07, 6.45) is 1.12. The number of phenols is 1. The minimum atomic E-state index is -3.45. The van der Waals surface area contributed by atoms with Crippen molar-refractivity contribution < 1.29 is 21.9 Å². The zero-order valence-electron chi connectivity index (χ0n) is 13.1. The number of benzene rings is 1. The summed E-state index contributed by atoms with van der Waals surface area (Å²) >= 11 is 5.92. The Balaban J connectivity index is 1.87. The van der Waals surface area contributed by atoms with Crippen LogP contribution in [-0.4, -0.2) is 74.1 Å². The second-order valence-corrected chi connectivity index (χ2v) is 10.8. The Morgan fingerprint density at radius 1 is 1.25 bits per heavy atom. The van der Waals surface area contributed by atoms with E-state index in [0.29, 0.717) is 13.1 Å². The Bertz CT molecular complexity index is 856. The van der Waals surface area contributed by atoms with Crippen molar-refractivity contribution >= 4 is 31.5 Å². The highest BCUT2D eigenvalue weighted by Gasteiger charge is 2.49. The fraction of sp³-hybridized carbons (Fsp3) is 0.571. The normalized spacial score (nSPS) is 27.9. The lowest BCUT2D eigenvalue weighted by atomic mass is 10.1. The van der Waals surface area contributed by atoms with Crippen LogP contribution in [0.25, 0.3) is 0 Å². The van der Waals surface area contributed by atoms with Crippen LogP contribution in [0.4, 0.5) is 0 Å². The van der Waals surface area contributed by atoms with Gasteiger partial charge in [-0.2, -0.15) is 4.31 Å². The molecule has 2 heterocycles. The van der Waals surface area contributed by atoms with E-state index in [1.165, 1.54) is 10.4 Å². The molecule has 0 bridgehead atoms. The van der Waals surface area contributed by atoms with Gasteiger partial charge in [0, 0.05) is 25.7 Å². The van der Waals surface area contributed by atoms with Crippen molar-refractivity contribution in [3.63, 3.8) is 0 Å². The molecule has 2 atom stereocenters. The number of nitrogens with zero attached hydrogens (tertiary/aromatic N) is 2. The number of sulfone groups is 1. The van der Waals surface area contributed by atoms with Gasteiger partial charge in [-0.3, -0.25) is 4.90 Å². The standard InChI is InChI=1S/C14H19ClN2O5S2/c1-23(19,20)17-5-4-16(12-8-24(21,22)9-13(12)17)7-10-2-3-14(18)11(15)6-10/h2-3,6,12-13,18H,4-5,7-9H2,1H3/t12-,13+/m0/s1. The van der Waals surface area contributed by atoms with Gasteiger partial charge in [0.05, 0.1) is 28.8 Å². The molecule has 2 saturated heterocycles. The molecule has 10 heteroatoms. The zero-order chi connectivity index (χ0) is 17.7. The second kappa shape index (κ2) is 6.14. The van der Waals surface area contributed by atoms with E-state index in [4.69, 9.17) is 11.6 Å². The van der Waals surface area contributed by atoms with Crippen molar-refractivity contribution in [3.05, 3.63) is 28.8 Å². The van der Waals surface area contributed by atoms with Gasteiger partial charge in [-0.1, -0.05) is 17.7 Å². The molecule has 2 aliphatic heterocycles. The number of piperazine rings is 1. The van der Waals surface area contributed by atoms with Crippen LogP contribution in [0.3, 0.4) is 0 Å². The highest BCUT2D eigenvalue weighted by Crippen LogP contribution is 2.31. The molecule has 1 aromatic rings. The molecule has 0 unspecified atom stereocenters. The number of sulfonamides is 1. The second-order valence-electron chi connectivity index (χ2n) is 6.34. The zero-order valence-corrected chi connectivity index (χ0v) is 15.5. The predicted molar refractivity (Wildman–Crippen MR) is 91.3 cm³/mol. The fourth-order valence-corrected chi connectivity index (χ4v) is 6.91. The summed E-state index contributed by atoms with van der Waals surface area (Å²) in [5, 5.41) is 9.73. The molecule has 3 rings (SSSR count). The number of rotatable bonds is 3. The van der Waals surface area contributed by atoms with Crippen molar-refractivity contribution in [1.29, 1.82) is 0 Å². The summed E-state index contributed by atoms with van der Waals surface area (Å²) < 4.78 is 49.3. The largest absolute Gasteiger partial charge is 0.506 e. The molecule has 7 nitrogen and oxygen atoms in total. The minimum absolute atomic E-state index is 0.0105. The van der Waals surface area contributed by atoms with E-state index in [-0.39, 0.29) is 34.9 Å². The molecule has 134 valence electrons. The molecule has 2 aliphatic rings. The number of hydrogen-bond acceptors (Lipinski definition) is 6. The van der Waals surface area contributed by atoms with Crippen molar-refractivity contribution in [2.45, 2.75) is 18.6 Å². The maximum atomic E-state index is 12.1.